The van der Waals surface area contributed by atoms with Gasteiger partial charge in [-0.3, -0.25) is 14.4 Å². The van der Waals surface area contributed by atoms with Gasteiger partial charge < -0.3 is 30.0 Å². The molecule has 1 heterocycles. The predicted octanol–water partition coefficient (Wildman–Crippen LogP) is 5.08. The quantitative estimate of drug-likeness (QED) is 0.243. The lowest BCUT2D eigenvalue weighted by molar-refractivity contribution is -0.178. The van der Waals surface area contributed by atoms with Gasteiger partial charge in [0.2, 0.25) is 11.8 Å². The molecule has 3 N–H and O–H groups in total. The van der Waals surface area contributed by atoms with Crippen molar-refractivity contribution in [1.82, 2.24) is 10.6 Å². The summed E-state index contributed by atoms with van der Waals surface area (Å²) < 4.78 is 17.0. The molecule has 1 saturated carbocycles. The Balaban J connectivity index is 1.63. The van der Waals surface area contributed by atoms with Crippen LogP contribution in [0.25, 0.3) is 0 Å². The molecule has 4 rings (SSSR count). The number of benzene rings is 2. The van der Waals surface area contributed by atoms with Crippen LogP contribution in [0.15, 0.2) is 60.7 Å². The fourth-order valence-corrected chi connectivity index (χ4v) is 6.24. The highest BCUT2D eigenvalue weighted by molar-refractivity contribution is 6.32. The number of methoxy groups -OCH3 is 1. The molecule has 2 amide bonds. The standard InChI is InChI=1S/C36H44Cl2N2O8/c1-21(2)17-29-34(44)47-27(22(3)32(42)31(38)24-9-6-5-7-10-24)11-8-12-30(41)40-26(19-23-13-14-28(46-4)25(37)18-23)33(43)39-20-36(15-16-36)35(45)48-29/h5-10,12-14,18,21-22,26-27,29,31-32,42H,11,15-17,19-20H2,1-4H3,(H,39,43)(H,40,41)/t22-,26+,27-,29-,31-,32+/m0/s1. The smallest absolute Gasteiger partial charge is 0.347 e. The number of rotatable bonds is 9. The number of aliphatic hydroxyl groups is 1. The second-order valence-corrected chi connectivity index (χ2v) is 13.9. The first kappa shape index (κ1) is 37.2. The van der Waals surface area contributed by atoms with Gasteiger partial charge in [0.1, 0.15) is 17.9 Å². The minimum atomic E-state index is -1.20. The zero-order valence-electron chi connectivity index (χ0n) is 27.6. The van der Waals surface area contributed by atoms with E-state index < -0.39 is 64.8 Å². The van der Waals surface area contributed by atoms with Crippen LogP contribution in [0.1, 0.15) is 63.0 Å². The molecule has 1 fully saturated rings. The maximum absolute atomic E-state index is 13.6. The highest BCUT2D eigenvalue weighted by atomic mass is 35.5. The van der Waals surface area contributed by atoms with Crippen molar-refractivity contribution < 1.29 is 38.5 Å². The number of hydrogen-bond acceptors (Lipinski definition) is 8. The highest BCUT2D eigenvalue weighted by Gasteiger charge is 2.53. The molecular formula is C36H44Cl2N2O8. The first-order chi connectivity index (χ1) is 22.8. The van der Waals surface area contributed by atoms with Crippen LogP contribution in [0, 0.1) is 17.3 Å². The molecule has 2 aromatic rings. The Hall–Kier alpha value is -3.60. The van der Waals surface area contributed by atoms with E-state index >= 15 is 0 Å². The average Bonchev–Trinajstić information content (AvgIpc) is 3.86. The molecule has 260 valence electrons. The van der Waals surface area contributed by atoms with E-state index in [-0.39, 0.29) is 31.7 Å². The largest absolute Gasteiger partial charge is 0.495 e. The summed E-state index contributed by atoms with van der Waals surface area (Å²) in [5, 5.41) is 16.4. The van der Waals surface area contributed by atoms with Gasteiger partial charge in [-0.2, -0.15) is 0 Å². The first-order valence-corrected chi connectivity index (χ1v) is 17.0. The molecule has 12 heteroatoms. The minimum Gasteiger partial charge on any atom is -0.495 e. The number of nitrogens with one attached hydrogen (secondary N) is 2. The lowest BCUT2D eigenvalue weighted by atomic mass is 9.90. The third-order valence-corrected chi connectivity index (χ3v) is 9.63. The van der Waals surface area contributed by atoms with Gasteiger partial charge in [-0.1, -0.05) is 74.8 Å². The number of cyclic esters (lactones) is 2. The summed E-state index contributed by atoms with van der Waals surface area (Å²) in [5.41, 5.74) is 0.377. The lowest BCUT2D eigenvalue weighted by Gasteiger charge is -2.31. The SMILES string of the molecule is COc1ccc(C[C@H]2NC(=O)C=CC[C@@H]([C@H](C)[C@@H](O)[C@@H](Cl)c3ccccc3)OC(=O)[C@H](CC(C)C)OC(=O)C3(CC3)CNC2=O)cc1Cl. The highest BCUT2D eigenvalue weighted by Crippen LogP contribution is 2.46. The first-order valence-electron chi connectivity index (χ1n) is 16.2. The van der Waals surface area contributed by atoms with E-state index in [2.05, 4.69) is 10.6 Å². The van der Waals surface area contributed by atoms with E-state index in [1.165, 1.54) is 19.3 Å². The molecule has 48 heavy (non-hydrogen) atoms. The van der Waals surface area contributed by atoms with Crippen molar-refractivity contribution in [3.05, 3.63) is 76.8 Å². The van der Waals surface area contributed by atoms with Gasteiger partial charge >= 0.3 is 11.9 Å². The number of hydrogen-bond donors (Lipinski definition) is 3. The normalized spacial score (nSPS) is 23.8. The van der Waals surface area contributed by atoms with Crippen LogP contribution in [0.3, 0.4) is 0 Å². The topological polar surface area (TPSA) is 140 Å². The van der Waals surface area contributed by atoms with Crippen molar-refractivity contribution in [2.45, 2.75) is 82.6 Å². The Bertz CT molecular complexity index is 1480. The van der Waals surface area contributed by atoms with E-state index in [0.29, 0.717) is 34.7 Å². The maximum Gasteiger partial charge on any atom is 0.347 e. The maximum atomic E-state index is 13.6. The van der Waals surface area contributed by atoms with E-state index in [1.54, 1.807) is 37.3 Å². The van der Waals surface area contributed by atoms with Gasteiger partial charge in [0.05, 0.1) is 29.0 Å². The molecule has 0 aromatic heterocycles. The summed E-state index contributed by atoms with van der Waals surface area (Å²) >= 11 is 13.0. The summed E-state index contributed by atoms with van der Waals surface area (Å²) in [6.07, 6.45) is 0.790. The fraction of sp³-hybridized carbons (Fsp3) is 0.500. The number of aliphatic hydroxyl groups excluding tert-OH is 1. The van der Waals surface area contributed by atoms with Gasteiger partial charge in [-0.25, -0.2) is 4.79 Å². The van der Waals surface area contributed by atoms with Crippen LogP contribution >= 0.6 is 23.2 Å². The Labute approximate surface area is 291 Å². The molecule has 1 spiro atoms. The molecule has 6 atom stereocenters. The number of esters is 2. The molecule has 1 aliphatic heterocycles. The number of ether oxygens (including phenoxy) is 3. The number of halogens is 2. The number of carbonyl (C=O) groups excluding carboxylic acids is 4. The molecule has 0 unspecified atom stereocenters. The van der Waals surface area contributed by atoms with Gasteiger partial charge in [-0.15, -0.1) is 11.6 Å². The molecule has 10 nitrogen and oxygen atoms in total. The van der Waals surface area contributed by atoms with Crippen LogP contribution in [0.5, 0.6) is 5.75 Å². The van der Waals surface area contributed by atoms with E-state index in [4.69, 9.17) is 37.4 Å². The summed E-state index contributed by atoms with van der Waals surface area (Å²) in [6, 6.07) is 13.1. The summed E-state index contributed by atoms with van der Waals surface area (Å²) in [7, 11) is 1.50. The van der Waals surface area contributed by atoms with E-state index in [0.717, 1.165) is 0 Å². The molecule has 1 aliphatic carbocycles. The van der Waals surface area contributed by atoms with E-state index in [1.807, 2.05) is 32.0 Å². The van der Waals surface area contributed by atoms with Crippen molar-refractivity contribution in [3.63, 3.8) is 0 Å². The second-order valence-electron chi connectivity index (χ2n) is 13.0. The third-order valence-electron chi connectivity index (χ3n) is 8.82. The van der Waals surface area contributed by atoms with Crippen LogP contribution in [-0.2, 0) is 35.1 Å². The number of amides is 2. The average molecular weight is 704 g/mol. The second kappa shape index (κ2) is 16.7. The van der Waals surface area contributed by atoms with Crippen LogP contribution in [0.4, 0.5) is 0 Å². The predicted molar refractivity (Wildman–Crippen MR) is 181 cm³/mol. The molecule has 0 bridgehead atoms. The van der Waals surface area contributed by atoms with Gasteiger partial charge in [0, 0.05) is 25.3 Å². The van der Waals surface area contributed by atoms with Crippen molar-refractivity contribution in [1.29, 1.82) is 0 Å². The van der Waals surface area contributed by atoms with Gasteiger partial charge in [-0.05, 0) is 54.5 Å². The van der Waals surface area contributed by atoms with Gasteiger partial charge in [0.25, 0.3) is 0 Å². The Morgan fingerprint density at radius 2 is 1.75 bits per heavy atom. The minimum absolute atomic E-state index is 0.0154. The summed E-state index contributed by atoms with van der Waals surface area (Å²) in [5.74, 6) is -2.64. The molecular weight excluding hydrogens is 659 g/mol. The lowest BCUT2D eigenvalue weighted by Crippen LogP contribution is -2.50. The molecule has 2 aromatic carbocycles. The number of alkyl halides is 1. The third kappa shape index (κ3) is 9.74. The Morgan fingerprint density at radius 3 is 2.38 bits per heavy atom. The van der Waals surface area contributed by atoms with Crippen LogP contribution < -0.4 is 15.4 Å². The van der Waals surface area contributed by atoms with Crippen molar-refractivity contribution in [3.8, 4) is 5.75 Å². The van der Waals surface area contributed by atoms with Crippen molar-refractivity contribution in [2.75, 3.05) is 13.7 Å². The van der Waals surface area contributed by atoms with Crippen LogP contribution in [-0.4, -0.2) is 66.9 Å². The fourth-order valence-electron chi connectivity index (χ4n) is 5.58. The van der Waals surface area contributed by atoms with Crippen LogP contribution in [0.2, 0.25) is 5.02 Å². The monoisotopic (exact) mass is 702 g/mol. The Kier molecular flexibility index (Phi) is 12.9. The zero-order chi connectivity index (χ0) is 35.0. The zero-order valence-corrected chi connectivity index (χ0v) is 29.1. The van der Waals surface area contributed by atoms with Gasteiger partial charge in [0.15, 0.2) is 6.10 Å². The van der Waals surface area contributed by atoms with E-state index in [9.17, 15) is 24.3 Å². The summed E-state index contributed by atoms with van der Waals surface area (Å²) in [4.78, 5) is 53.7. The van der Waals surface area contributed by atoms with Crippen molar-refractivity contribution in [2.24, 2.45) is 17.3 Å². The molecule has 2 aliphatic rings. The molecule has 0 saturated heterocycles. The summed E-state index contributed by atoms with van der Waals surface area (Å²) in [6.45, 7) is 5.47. The molecule has 0 radical (unpaired) electrons. The Morgan fingerprint density at radius 1 is 1.04 bits per heavy atom. The van der Waals surface area contributed by atoms with Crippen molar-refractivity contribution >= 4 is 47.0 Å². The number of carbonyl (C=O) groups is 4.